The van der Waals surface area contributed by atoms with Crippen LogP contribution in [0.3, 0.4) is 0 Å². The number of fused-ring (bicyclic) bond motifs is 2. The first kappa shape index (κ1) is 19.3. The number of nitrogens with zero attached hydrogens (tertiary/aromatic N) is 2. The Morgan fingerprint density at radius 3 is 2.91 bits per heavy atom. The van der Waals surface area contributed by atoms with Crippen molar-refractivity contribution >= 4 is 10.8 Å². The van der Waals surface area contributed by atoms with Crippen LogP contribution in [0.1, 0.15) is 69.8 Å². The molecule has 6 atom stereocenters. The van der Waals surface area contributed by atoms with E-state index in [4.69, 9.17) is 4.74 Å². The van der Waals surface area contributed by atoms with Gasteiger partial charge in [-0.3, -0.25) is 9.88 Å². The second-order valence-electron chi connectivity index (χ2n) is 12.1. The molecule has 2 saturated heterocycles. The molecule has 4 heterocycles. The standard InChI is InChI=1S/C30H34N2O/c1-28-10-8-24-17-23-4-5-25(32-14-15-32)18-29(23)11-12-30(24,33-29)27(28)7-6-26(28)21-3-2-20-9-13-31-19-22(20)16-21/h2-3,8-9,13,16-17,19,25-27H,4-7,10-12,14-15,18H2,1H3/t25?,26-,27-,28-,29-,30-/m1/s1. The summed E-state index contributed by atoms with van der Waals surface area (Å²) in [5.74, 6) is 1.22. The van der Waals surface area contributed by atoms with Crippen molar-refractivity contribution in [3.63, 3.8) is 0 Å². The minimum atomic E-state index is -0.0373. The Labute approximate surface area is 196 Å². The predicted molar refractivity (Wildman–Crippen MR) is 131 cm³/mol. The molecule has 170 valence electrons. The molecule has 0 amide bonds. The van der Waals surface area contributed by atoms with Crippen molar-refractivity contribution in [3.8, 4) is 0 Å². The quantitative estimate of drug-likeness (QED) is 0.525. The van der Waals surface area contributed by atoms with Crippen LogP contribution >= 0.6 is 0 Å². The molecule has 3 heteroatoms. The van der Waals surface area contributed by atoms with E-state index < -0.39 is 0 Å². The number of aromatic nitrogens is 1. The Kier molecular flexibility index (Phi) is 3.73. The largest absolute Gasteiger partial charge is 0.359 e. The lowest BCUT2D eigenvalue weighted by Crippen LogP contribution is -2.54. The highest BCUT2D eigenvalue weighted by atomic mass is 16.5. The SMILES string of the molecule is C[C@]12CC=C3C=C4CCC(N5CC5)C[C@]45CC[C@]3(O5)[C@@H]1CC[C@@H]2c1ccc2ccncc2c1. The monoisotopic (exact) mass is 438 g/mol. The van der Waals surface area contributed by atoms with Gasteiger partial charge in [-0.2, -0.15) is 0 Å². The lowest BCUT2D eigenvalue weighted by molar-refractivity contribution is -0.138. The van der Waals surface area contributed by atoms with E-state index in [1.54, 1.807) is 11.1 Å². The molecule has 2 aromatic rings. The van der Waals surface area contributed by atoms with Crippen LogP contribution in [0.15, 0.2) is 60.0 Å². The molecule has 3 nitrogen and oxygen atoms in total. The van der Waals surface area contributed by atoms with Gasteiger partial charge < -0.3 is 4.74 Å². The van der Waals surface area contributed by atoms with Gasteiger partial charge in [-0.1, -0.05) is 31.2 Å². The molecule has 33 heavy (non-hydrogen) atoms. The van der Waals surface area contributed by atoms with Gasteiger partial charge in [0.15, 0.2) is 0 Å². The van der Waals surface area contributed by atoms with E-state index in [2.05, 4.69) is 53.2 Å². The van der Waals surface area contributed by atoms with Crippen LogP contribution in [0.2, 0.25) is 0 Å². The molecule has 1 unspecified atom stereocenters. The molecule has 6 aliphatic rings. The maximum Gasteiger partial charge on any atom is 0.0974 e. The van der Waals surface area contributed by atoms with Crippen molar-refractivity contribution in [1.29, 1.82) is 0 Å². The molecule has 0 radical (unpaired) electrons. The normalized spacial score (nSPS) is 43.5. The van der Waals surface area contributed by atoms with Gasteiger partial charge in [-0.25, -0.2) is 0 Å². The zero-order chi connectivity index (χ0) is 21.8. The molecule has 3 aliphatic carbocycles. The molecular weight excluding hydrogens is 404 g/mol. The smallest absolute Gasteiger partial charge is 0.0974 e. The summed E-state index contributed by atoms with van der Waals surface area (Å²) in [4.78, 5) is 7.06. The molecule has 8 rings (SSSR count). The molecule has 3 aliphatic heterocycles. The molecule has 1 aromatic carbocycles. The Hall–Kier alpha value is -1.97. The average Bonchev–Trinajstić information content (AvgIpc) is 3.56. The van der Waals surface area contributed by atoms with Crippen molar-refractivity contribution in [2.75, 3.05) is 13.1 Å². The number of hydrogen-bond acceptors (Lipinski definition) is 3. The highest BCUT2D eigenvalue weighted by Crippen LogP contribution is 2.69. The first-order chi connectivity index (χ1) is 16.1. The van der Waals surface area contributed by atoms with Gasteiger partial charge in [-0.15, -0.1) is 0 Å². The fraction of sp³-hybridized carbons (Fsp3) is 0.567. The summed E-state index contributed by atoms with van der Waals surface area (Å²) in [6.45, 7) is 5.19. The predicted octanol–water partition coefficient (Wildman–Crippen LogP) is 6.16. The molecule has 1 aromatic heterocycles. The molecule has 4 fully saturated rings. The second-order valence-corrected chi connectivity index (χ2v) is 12.1. The van der Waals surface area contributed by atoms with Gasteiger partial charge in [0.25, 0.3) is 0 Å². The number of hydrogen-bond donors (Lipinski definition) is 0. The van der Waals surface area contributed by atoms with Crippen LogP contribution in [0.4, 0.5) is 0 Å². The van der Waals surface area contributed by atoms with Crippen LogP contribution in [0, 0.1) is 11.3 Å². The summed E-state index contributed by atoms with van der Waals surface area (Å²) in [7, 11) is 0. The number of rotatable bonds is 2. The summed E-state index contributed by atoms with van der Waals surface area (Å²) in [5.41, 5.74) is 4.94. The van der Waals surface area contributed by atoms with Crippen molar-refractivity contribution in [2.45, 2.75) is 81.5 Å². The Morgan fingerprint density at radius 1 is 1.06 bits per heavy atom. The van der Waals surface area contributed by atoms with E-state index in [0.717, 1.165) is 6.04 Å². The van der Waals surface area contributed by atoms with Gasteiger partial charge in [0.1, 0.15) is 0 Å². The van der Waals surface area contributed by atoms with E-state index in [1.165, 1.54) is 80.8 Å². The summed E-state index contributed by atoms with van der Waals surface area (Å²) < 4.78 is 7.45. The minimum absolute atomic E-state index is 0.0355. The Bertz CT molecular complexity index is 1230. The zero-order valence-electron chi connectivity index (χ0n) is 19.7. The van der Waals surface area contributed by atoms with Gasteiger partial charge in [0.05, 0.1) is 11.2 Å². The number of ether oxygens (including phenoxy) is 1. The molecule has 2 saturated carbocycles. The van der Waals surface area contributed by atoms with E-state index in [1.807, 2.05) is 12.4 Å². The topological polar surface area (TPSA) is 25.1 Å². The van der Waals surface area contributed by atoms with E-state index in [-0.39, 0.29) is 16.6 Å². The Morgan fingerprint density at radius 2 is 2.00 bits per heavy atom. The second kappa shape index (κ2) is 6.37. The zero-order valence-corrected chi connectivity index (χ0v) is 19.7. The van der Waals surface area contributed by atoms with Crippen LogP contribution in [-0.4, -0.2) is 40.2 Å². The van der Waals surface area contributed by atoms with Crippen molar-refractivity contribution < 1.29 is 4.74 Å². The van der Waals surface area contributed by atoms with Crippen molar-refractivity contribution in [1.82, 2.24) is 9.88 Å². The average molecular weight is 439 g/mol. The minimum Gasteiger partial charge on any atom is -0.359 e. The molecule has 0 N–H and O–H groups in total. The summed E-state index contributed by atoms with van der Waals surface area (Å²) in [5, 5.41) is 2.57. The highest BCUT2D eigenvalue weighted by Gasteiger charge is 2.66. The van der Waals surface area contributed by atoms with Gasteiger partial charge >= 0.3 is 0 Å². The summed E-state index contributed by atoms with van der Waals surface area (Å²) in [6, 6.07) is 9.99. The van der Waals surface area contributed by atoms with E-state index in [9.17, 15) is 0 Å². The fourth-order valence-corrected chi connectivity index (χ4v) is 8.98. The third-order valence-corrected chi connectivity index (χ3v) is 10.7. The number of allylic oxidation sites excluding steroid dienone is 1. The van der Waals surface area contributed by atoms with Crippen LogP contribution < -0.4 is 0 Å². The maximum absolute atomic E-state index is 7.45. The van der Waals surface area contributed by atoms with Gasteiger partial charge in [0.2, 0.25) is 0 Å². The van der Waals surface area contributed by atoms with Gasteiger partial charge in [-0.05, 0) is 103 Å². The first-order valence-electron chi connectivity index (χ1n) is 13.3. The molecular formula is C30H34N2O. The lowest BCUT2D eigenvalue weighted by Gasteiger charge is -2.54. The lowest BCUT2D eigenvalue weighted by atomic mass is 9.58. The number of benzene rings is 1. The molecule has 2 spiro atoms. The van der Waals surface area contributed by atoms with Crippen molar-refractivity contribution in [2.24, 2.45) is 11.3 Å². The van der Waals surface area contributed by atoms with Gasteiger partial charge in [0, 0.05) is 36.9 Å². The molecule has 2 bridgehead atoms. The third-order valence-electron chi connectivity index (χ3n) is 10.7. The van der Waals surface area contributed by atoms with E-state index >= 15 is 0 Å². The van der Waals surface area contributed by atoms with Crippen LogP contribution in [-0.2, 0) is 4.74 Å². The summed E-state index contributed by atoms with van der Waals surface area (Å²) >= 11 is 0. The fourth-order valence-electron chi connectivity index (χ4n) is 8.98. The first-order valence-corrected chi connectivity index (χ1v) is 13.3. The third kappa shape index (κ3) is 2.51. The van der Waals surface area contributed by atoms with Crippen LogP contribution in [0.5, 0.6) is 0 Å². The number of pyridine rings is 1. The van der Waals surface area contributed by atoms with Crippen LogP contribution in [0.25, 0.3) is 10.8 Å². The Balaban J connectivity index is 1.18. The summed E-state index contributed by atoms with van der Waals surface area (Å²) in [6.07, 6.45) is 19.2. The maximum atomic E-state index is 7.45. The highest BCUT2D eigenvalue weighted by molar-refractivity contribution is 5.82. The van der Waals surface area contributed by atoms with E-state index in [0.29, 0.717) is 11.8 Å². The van der Waals surface area contributed by atoms with Crippen molar-refractivity contribution in [3.05, 3.63) is 65.5 Å².